The first kappa shape index (κ1) is 13.6. The summed E-state index contributed by atoms with van der Waals surface area (Å²) >= 11 is 0. The minimum absolute atomic E-state index is 0.851. The molecule has 2 fully saturated rings. The van der Waals surface area contributed by atoms with Crippen molar-refractivity contribution in [2.45, 2.75) is 44.7 Å². The van der Waals surface area contributed by atoms with Gasteiger partial charge in [-0.2, -0.15) is 0 Å². The Balaban J connectivity index is 1.42. The molecule has 3 heteroatoms. The lowest BCUT2D eigenvalue weighted by Gasteiger charge is -2.30. The van der Waals surface area contributed by atoms with Gasteiger partial charge in [0.25, 0.3) is 0 Å². The maximum Gasteiger partial charge on any atom is 0.122 e. The fourth-order valence-corrected chi connectivity index (χ4v) is 3.75. The zero-order chi connectivity index (χ0) is 14.1. The van der Waals surface area contributed by atoms with Crippen LogP contribution in [-0.4, -0.2) is 37.2 Å². The number of ether oxygens (including phenoxy) is 1. The molecule has 3 nitrogen and oxygen atoms in total. The SMILES string of the molecule is c1cc2c(cc1CN(CC1CCNCC1)C1CC1)CCO2. The van der Waals surface area contributed by atoms with Crippen LogP contribution in [0.5, 0.6) is 5.75 Å². The molecule has 3 aliphatic rings. The van der Waals surface area contributed by atoms with Gasteiger partial charge in [0.1, 0.15) is 5.75 Å². The summed E-state index contributed by atoms with van der Waals surface area (Å²) < 4.78 is 5.62. The van der Waals surface area contributed by atoms with E-state index in [2.05, 4.69) is 28.4 Å². The summed E-state index contributed by atoms with van der Waals surface area (Å²) in [5.74, 6) is 2.00. The molecular formula is C18H26N2O. The third-order valence-corrected chi connectivity index (χ3v) is 5.15. The molecule has 0 atom stereocenters. The Morgan fingerprint density at radius 1 is 1.14 bits per heavy atom. The van der Waals surface area contributed by atoms with E-state index in [0.29, 0.717) is 0 Å². The smallest absolute Gasteiger partial charge is 0.122 e. The van der Waals surface area contributed by atoms with Crippen molar-refractivity contribution in [2.75, 3.05) is 26.2 Å². The first-order chi connectivity index (χ1) is 10.4. The molecule has 0 bridgehead atoms. The predicted octanol–water partition coefficient (Wildman–Crippen LogP) is 2.59. The van der Waals surface area contributed by atoms with Gasteiger partial charge in [-0.15, -0.1) is 0 Å². The quantitative estimate of drug-likeness (QED) is 0.900. The molecule has 114 valence electrons. The third kappa shape index (κ3) is 3.24. The minimum Gasteiger partial charge on any atom is -0.493 e. The molecular weight excluding hydrogens is 260 g/mol. The van der Waals surface area contributed by atoms with E-state index in [1.165, 1.54) is 56.4 Å². The lowest BCUT2D eigenvalue weighted by Crippen LogP contribution is -2.37. The van der Waals surface area contributed by atoms with Crippen LogP contribution in [0.1, 0.15) is 36.8 Å². The monoisotopic (exact) mass is 286 g/mol. The van der Waals surface area contributed by atoms with Crippen LogP contribution in [0.25, 0.3) is 0 Å². The second kappa shape index (κ2) is 5.98. The predicted molar refractivity (Wildman–Crippen MR) is 84.7 cm³/mol. The summed E-state index contributed by atoms with van der Waals surface area (Å²) in [6.45, 7) is 5.70. The van der Waals surface area contributed by atoms with Crippen LogP contribution in [0.2, 0.25) is 0 Å². The molecule has 0 amide bonds. The van der Waals surface area contributed by atoms with Gasteiger partial charge in [-0.3, -0.25) is 4.90 Å². The van der Waals surface area contributed by atoms with Gasteiger partial charge >= 0.3 is 0 Å². The van der Waals surface area contributed by atoms with Gasteiger partial charge in [0.05, 0.1) is 6.61 Å². The average Bonchev–Trinajstić information content (AvgIpc) is 3.26. The normalized spacial score (nSPS) is 22.3. The summed E-state index contributed by atoms with van der Waals surface area (Å²) in [5, 5.41) is 3.48. The molecule has 4 rings (SSSR count). The van der Waals surface area contributed by atoms with Crippen molar-refractivity contribution in [3.8, 4) is 5.75 Å². The lowest BCUT2D eigenvalue weighted by atomic mass is 9.97. The van der Waals surface area contributed by atoms with Gasteiger partial charge in [0.2, 0.25) is 0 Å². The van der Waals surface area contributed by atoms with E-state index in [1.807, 2.05) is 0 Å². The lowest BCUT2D eigenvalue weighted by molar-refractivity contribution is 0.190. The molecule has 0 spiro atoms. The van der Waals surface area contributed by atoms with Gasteiger partial charge in [-0.05, 0) is 61.9 Å². The Hall–Kier alpha value is -1.06. The molecule has 0 aromatic heterocycles. The van der Waals surface area contributed by atoms with Crippen molar-refractivity contribution in [1.29, 1.82) is 0 Å². The van der Waals surface area contributed by atoms with Crippen LogP contribution in [-0.2, 0) is 13.0 Å². The Kier molecular flexibility index (Phi) is 3.87. The van der Waals surface area contributed by atoms with Crippen LogP contribution in [0.3, 0.4) is 0 Å². The van der Waals surface area contributed by atoms with E-state index in [0.717, 1.165) is 37.3 Å². The van der Waals surface area contributed by atoms with Gasteiger partial charge in [0.15, 0.2) is 0 Å². The topological polar surface area (TPSA) is 24.5 Å². The van der Waals surface area contributed by atoms with Gasteiger partial charge < -0.3 is 10.1 Å². The van der Waals surface area contributed by atoms with Gasteiger partial charge in [0, 0.05) is 25.6 Å². The van der Waals surface area contributed by atoms with Crippen molar-refractivity contribution in [1.82, 2.24) is 10.2 Å². The molecule has 1 saturated carbocycles. The zero-order valence-corrected chi connectivity index (χ0v) is 12.8. The Morgan fingerprint density at radius 3 is 2.81 bits per heavy atom. The number of nitrogens with zero attached hydrogens (tertiary/aromatic N) is 1. The van der Waals surface area contributed by atoms with E-state index in [1.54, 1.807) is 0 Å². The van der Waals surface area contributed by atoms with E-state index >= 15 is 0 Å². The van der Waals surface area contributed by atoms with Crippen LogP contribution >= 0.6 is 0 Å². The summed E-state index contributed by atoms with van der Waals surface area (Å²) in [5.41, 5.74) is 2.88. The van der Waals surface area contributed by atoms with Crippen molar-refractivity contribution < 1.29 is 4.74 Å². The van der Waals surface area contributed by atoms with Crippen LogP contribution < -0.4 is 10.1 Å². The number of fused-ring (bicyclic) bond motifs is 1. The molecule has 21 heavy (non-hydrogen) atoms. The number of hydrogen-bond acceptors (Lipinski definition) is 3. The van der Waals surface area contributed by atoms with Crippen molar-refractivity contribution in [3.05, 3.63) is 29.3 Å². The molecule has 0 radical (unpaired) electrons. The highest BCUT2D eigenvalue weighted by Crippen LogP contribution is 2.32. The second-order valence-electron chi connectivity index (χ2n) is 6.89. The molecule has 0 unspecified atom stereocenters. The van der Waals surface area contributed by atoms with E-state index in [4.69, 9.17) is 4.74 Å². The van der Waals surface area contributed by atoms with Crippen LogP contribution in [0.4, 0.5) is 0 Å². The maximum absolute atomic E-state index is 5.62. The number of nitrogens with one attached hydrogen (secondary N) is 1. The molecule has 1 aromatic rings. The third-order valence-electron chi connectivity index (χ3n) is 5.15. The Morgan fingerprint density at radius 2 is 2.00 bits per heavy atom. The average molecular weight is 286 g/mol. The molecule has 2 heterocycles. The van der Waals surface area contributed by atoms with Gasteiger partial charge in [-0.1, -0.05) is 12.1 Å². The van der Waals surface area contributed by atoms with Crippen LogP contribution in [0, 0.1) is 5.92 Å². The molecule has 1 aromatic carbocycles. The van der Waals surface area contributed by atoms with Gasteiger partial charge in [-0.25, -0.2) is 0 Å². The highest BCUT2D eigenvalue weighted by molar-refractivity contribution is 5.39. The molecule has 2 aliphatic heterocycles. The van der Waals surface area contributed by atoms with Crippen molar-refractivity contribution in [2.24, 2.45) is 5.92 Å². The number of hydrogen-bond donors (Lipinski definition) is 1. The number of piperidine rings is 1. The fraction of sp³-hybridized carbons (Fsp3) is 0.667. The van der Waals surface area contributed by atoms with E-state index < -0.39 is 0 Å². The minimum atomic E-state index is 0.851. The fourth-order valence-electron chi connectivity index (χ4n) is 3.75. The first-order valence-electron chi connectivity index (χ1n) is 8.58. The summed E-state index contributed by atoms with van der Waals surface area (Å²) in [6.07, 6.45) is 6.58. The Labute approximate surface area is 127 Å². The standard InChI is InChI=1S/C18H26N2O/c1-4-18-16(7-10-21-18)11-15(1)13-20(17-2-3-17)12-14-5-8-19-9-6-14/h1,4,11,14,17,19H,2-3,5-10,12-13H2. The number of rotatable bonds is 5. The van der Waals surface area contributed by atoms with E-state index in [-0.39, 0.29) is 0 Å². The van der Waals surface area contributed by atoms with Crippen LogP contribution in [0.15, 0.2) is 18.2 Å². The number of benzene rings is 1. The van der Waals surface area contributed by atoms with Crippen molar-refractivity contribution >= 4 is 0 Å². The molecule has 1 N–H and O–H groups in total. The second-order valence-corrected chi connectivity index (χ2v) is 6.89. The van der Waals surface area contributed by atoms with Crippen molar-refractivity contribution in [3.63, 3.8) is 0 Å². The zero-order valence-electron chi connectivity index (χ0n) is 12.8. The molecule has 1 aliphatic carbocycles. The highest BCUT2D eigenvalue weighted by Gasteiger charge is 2.31. The highest BCUT2D eigenvalue weighted by atomic mass is 16.5. The summed E-state index contributed by atoms with van der Waals surface area (Å²) in [7, 11) is 0. The molecule has 1 saturated heterocycles. The van der Waals surface area contributed by atoms with E-state index in [9.17, 15) is 0 Å². The summed E-state index contributed by atoms with van der Waals surface area (Å²) in [6, 6.07) is 7.67. The largest absolute Gasteiger partial charge is 0.493 e. The Bertz CT molecular complexity index is 492. The first-order valence-corrected chi connectivity index (χ1v) is 8.58. The summed E-state index contributed by atoms with van der Waals surface area (Å²) in [4.78, 5) is 2.74. The maximum atomic E-state index is 5.62.